The topological polar surface area (TPSA) is 85.2 Å². The molecule has 0 aliphatic heterocycles. The minimum absolute atomic E-state index is 0.233. The van der Waals surface area contributed by atoms with Gasteiger partial charge in [-0.15, -0.1) is 0 Å². The number of pyridine rings is 1. The fourth-order valence-corrected chi connectivity index (χ4v) is 2.13. The zero-order valence-corrected chi connectivity index (χ0v) is 11.9. The predicted molar refractivity (Wildman–Crippen MR) is 83.3 cm³/mol. The van der Waals surface area contributed by atoms with Crippen LogP contribution in [0.2, 0.25) is 0 Å². The number of hydrogen-bond acceptors (Lipinski definition) is 4. The Morgan fingerprint density at radius 2 is 1.90 bits per heavy atom. The zero-order chi connectivity index (χ0) is 15.1. The monoisotopic (exact) mass is 284 g/mol. The van der Waals surface area contributed by atoms with E-state index in [-0.39, 0.29) is 12.5 Å². The Morgan fingerprint density at radius 1 is 1.14 bits per heavy atom. The third-order valence-electron chi connectivity index (χ3n) is 3.18. The van der Waals surface area contributed by atoms with Crippen LogP contribution in [-0.2, 0) is 17.8 Å². The molecule has 0 saturated heterocycles. The number of hydrogen-bond donors (Lipinski definition) is 2. The Hall–Kier alpha value is -2.40. The van der Waals surface area contributed by atoms with Crippen LogP contribution >= 0.6 is 0 Å². The van der Waals surface area contributed by atoms with Crippen molar-refractivity contribution >= 4 is 11.6 Å². The van der Waals surface area contributed by atoms with Gasteiger partial charge in [0.1, 0.15) is 0 Å². The Balaban J connectivity index is 1.97. The van der Waals surface area contributed by atoms with E-state index in [0.29, 0.717) is 6.54 Å². The highest BCUT2D eigenvalue weighted by atomic mass is 16.1. The predicted octanol–water partition coefficient (Wildman–Crippen LogP) is 1.19. The van der Waals surface area contributed by atoms with Crippen LogP contribution in [-0.4, -0.2) is 28.9 Å². The summed E-state index contributed by atoms with van der Waals surface area (Å²) in [5.41, 5.74) is 13.8. The molecule has 0 fully saturated rings. The van der Waals surface area contributed by atoms with Crippen molar-refractivity contribution in [2.75, 3.05) is 18.8 Å². The standard InChI is InChI=1S/C16H20N4O/c17-14-6-4-13(5-7-14)11-20(12-16(18)21)10-8-15-3-1-2-9-19-15/h1-7,9H,8,10-12,17H2,(H2,18,21). The van der Waals surface area contributed by atoms with E-state index in [1.807, 2.05) is 47.4 Å². The summed E-state index contributed by atoms with van der Waals surface area (Å²) in [6, 6.07) is 13.5. The highest BCUT2D eigenvalue weighted by Crippen LogP contribution is 2.09. The smallest absolute Gasteiger partial charge is 0.231 e. The Kier molecular flexibility index (Phi) is 5.29. The Labute approximate surface area is 124 Å². The third-order valence-corrected chi connectivity index (χ3v) is 3.18. The lowest BCUT2D eigenvalue weighted by atomic mass is 10.2. The Morgan fingerprint density at radius 3 is 2.52 bits per heavy atom. The third kappa shape index (κ3) is 5.24. The number of benzene rings is 1. The normalized spacial score (nSPS) is 10.7. The summed E-state index contributed by atoms with van der Waals surface area (Å²) in [5.74, 6) is -0.327. The first-order chi connectivity index (χ1) is 10.1. The van der Waals surface area contributed by atoms with Crippen molar-refractivity contribution in [1.29, 1.82) is 0 Å². The van der Waals surface area contributed by atoms with Gasteiger partial charge in [-0.25, -0.2) is 0 Å². The molecule has 5 nitrogen and oxygen atoms in total. The second-order valence-corrected chi connectivity index (χ2v) is 4.99. The lowest BCUT2D eigenvalue weighted by Crippen LogP contribution is -2.34. The van der Waals surface area contributed by atoms with E-state index in [2.05, 4.69) is 4.98 Å². The van der Waals surface area contributed by atoms with Gasteiger partial charge in [-0.1, -0.05) is 18.2 Å². The van der Waals surface area contributed by atoms with Crippen molar-refractivity contribution in [3.05, 3.63) is 59.9 Å². The molecule has 4 N–H and O–H groups in total. The van der Waals surface area contributed by atoms with E-state index in [1.165, 1.54) is 0 Å². The van der Waals surface area contributed by atoms with Gasteiger partial charge in [0.15, 0.2) is 0 Å². The lowest BCUT2D eigenvalue weighted by molar-refractivity contribution is -0.119. The van der Waals surface area contributed by atoms with Crippen molar-refractivity contribution in [2.45, 2.75) is 13.0 Å². The molecule has 2 rings (SSSR count). The zero-order valence-electron chi connectivity index (χ0n) is 11.9. The molecule has 0 aliphatic carbocycles. The van der Waals surface area contributed by atoms with Crippen LogP contribution in [0.4, 0.5) is 5.69 Å². The molecular weight excluding hydrogens is 264 g/mol. The SMILES string of the molecule is NC(=O)CN(CCc1ccccn1)Cc1ccc(N)cc1. The summed E-state index contributed by atoms with van der Waals surface area (Å²) in [4.78, 5) is 17.5. The maximum Gasteiger partial charge on any atom is 0.231 e. The summed E-state index contributed by atoms with van der Waals surface area (Å²) in [7, 11) is 0. The molecule has 1 aromatic heterocycles. The number of anilines is 1. The molecule has 1 heterocycles. The number of carbonyl (C=O) groups is 1. The van der Waals surface area contributed by atoms with E-state index in [1.54, 1.807) is 6.20 Å². The number of nitrogen functional groups attached to an aromatic ring is 1. The summed E-state index contributed by atoms with van der Waals surface area (Å²) < 4.78 is 0. The summed E-state index contributed by atoms with van der Waals surface area (Å²) in [6.07, 6.45) is 2.55. The van der Waals surface area contributed by atoms with Crippen LogP contribution < -0.4 is 11.5 Å². The molecule has 21 heavy (non-hydrogen) atoms. The molecule has 2 aromatic rings. The molecule has 0 spiro atoms. The average Bonchev–Trinajstić information content (AvgIpc) is 2.48. The van der Waals surface area contributed by atoms with Gasteiger partial charge in [-0.3, -0.25) is 14.7 Å². The first kappa shape index (κ1) is 15.0. The maximum atomic E-state index is 11.2. The lowest BCUT2D eigenvalue weighted by Gasteiger charge is -2.20. The fraction of sp³-hybridized carbons (Fsp3) is 0.250. The number of nitrogens with two attached hydrogens (primary N) is 2. The van der Waals surface area contributed by atoms with Crippen LogP contribution in [0.3, 0.4) is 0 Å². The molecule has 0 unspecified atom stereocenters. The van der Waals surface area contributed by atoms with Crippen molar-refractivity contribution in [2.24, 2.45) is 5.73 Å². The number of aromatic nitrogens is 1. The molecule has 0 saturated carbocycles. The molecule has 5 heteroatoms. The minimum Gasteiger partial charge on any atom is -0.399 e. The van der Waals surface area contributed by atoms with E-state index in [0.717, 1.165) is 29.9 Å². The molecule has 1 amide bonds. The highest BCUT2D eigenvalue weighted by molar-refractivity contribution is 5.75. The van der Waals surface area contributed by atoms with E-state index in [9.17, 15) is 4.79 Å². The van der Waals surface area contributed by atoms with Crippen LogP contribution in [0.1, 0.15) is 11.3 Å². The van der Waals surface area contributed by atoms with E-state index >= 15 is 0 Å². The number of nitrogens with zero attached hydrogens (tertiary/aromatic N) is 2. The molecule has 0 aliphatic rings. The van der Waals surface area contributed by atoms with Crippen molar-refractivity contribution in [1.82, 2.24) is 9.88 Å². The van der Waals surface area contributed by atoms with Gasteiger partial charge < -0.3 is 11.5 Å². The van der Waals surface area contributed by atoms with E-state index < -0.39 is 0 Å². The fourth-order valence-electron chi connectivity index (χ4n) is 2.13. The quantitative estimate of drug-likeness (QED) is 0.748. The van der Waals surface area contributed by atoms with Crippen LogP contribution in [0.5, 0.6) is 0 Å². The average molecular weight is 284 g/mol. The molecule has 0 bridgehead atoms. The minimum atomic E-state index is -0.327. The van der Waals surface area contributed by atoms with Crippen LogP contribution in [0, 0.1) is 0 Å². The van der Waals surface area contributed by atoms with Gasteiger partial charge in [-0.05, 0) is 29.8 Å². The molecule has 1 aromatic carbocycles. The van der Waals surface area contributed by atoms with E-state index in [4.69, 9.17) is 11.5 Å². The van der Waals surface area contributed by atoms with Crippen LogP contribution in [0.15, 0.2) is 48.7 Å². The van der Waals surface area contributed by atoms with Crippen molar-refractivity contribution in [3.8, 4) is 0 Å². The molecule has 0 radical (unpaired) electrons. The molecular formula is C16H20N4O. The first-order valence-corrected chi connectivity index (χ1v) is 6.88. The van der Waals surface area contributed by atoms with Gasteiger partial charge in [-0.2, -0.15) is 0 Å². The van der Waals surface area contributed by atoms with Crippen LogP contribution in [0.25, 0.3) is 0 Å². The van der Waals surface area contributed by atoms with Gasteiger partial charge >= 0.3 is 0 Å². The highest BCUT2D eigenvalue weighted by Gasteiger charge is 2.09. The Bertz CT molecular complexity index is 569. The number of amides is 1. The van der Waals surface area contributed by atoms with Gasteiger partial charge in [0.2, 0.25) is 5.91 Å². The first-order valence-electron chi connectivity index (χ1n) is 6.88. The van der Waals surface area contributed by atoms with Crippen molar-refractivity contribution in [3.63, 3.8) is 0 Å². The maximum absolute atomic E-state index is 11.2. The van der Waals surface area contributed by atoms with Gasteiger partial charge in [0.25, 0.3) is 0 Å². The second-order valence-electron chi connectivity index (χ2n) is 4.99. The summed E-state index contributed by atoms with van der Waals surface area (Å²) in [5, 5.41) is 0. The molecule has 0 atom stereocenters. The molecule has 110 valence electrons. The second kappa shape index (κ2) is 7.40. The number of carbonyl (C=O) groups excluding carboxylic acids is 1. The van der Waals surface area contributed by atoms with Gasteiger partial charge in [0, 0.05) is 37.1 Å². The van der Waals surface area contributed by atoms with Gasteiger partial charge in [0.05, 0.1) is 6.54 Å². The summed E-state index contributed by atoms with van der Waals surface area (Å²) in [6.45, 7) is 1.62. The van der Waals surface area contributed by atoms with Crippen molar-refractivity contribution < 1.29 is 4.79 Å². The number of rotatable bonds is 7. The summed E-state index contributed by atoms with van der Waals surface area (Å²) >= 11 is 0. The number of primary amides is 1. The largest absolute Gasteiger partial charge is 0.399 e.